The first kappa shape index (κ1) is 17.1. The van der Waals surface area contributed by atoms with Crippen LogP contribution in [0.15, 0.2) is 48.5 Å². The summed E-state index contributed by atoms with van der Waals surface area (Å²) in [6.07, 6.45) is -0.232. The van der Waals surface area contributed by atoms with Crippen LogP contribution in [0.2, 0.25) is 5.02 Å². The molecule has 0 N–H and O–H groups in total. The summed E-state index contributed by atoms with van der Waals surface area (Å²) in [5.41, 5.74) is 0. The number of rotatable bonds is 6. The highest BCUT2D eigenvalue weighted by Gasteiger charge is 2.28. The summed E-state index contributed by atoms with van der Waals surface area (Å²) < 4.78 is 22.9. The Hall–Kier alpha value is -1.75. The molecule has 0 amide bonds. The molecular formula is C19H21ClO4. The second-order valence-corrected chi connectivity index (χ2v) is 6.43. The number of hydrogen-bond donors (Lipinski definition) is 0. The second kappa shape index (κ2) is 7.88. The molecule has 0 aliphatic carbocycles. The molecule has 1 aliphatic heterocycles. The van der Waals surface area contributed by atoms with Gasteiger partial charge in [0, 0.05) is 12.0 Å². The number of halogens is 1. The lowest BCUT2D eigenvalue weighted by Crippen LogP contribution is -2.22. The van der Waals surface area contributed by atoms with Gasteiger partial charge in [-0.1, -0.05) is 43.6 Å². The summed E-state index contributed by atoms with van der Waals surface area (Å²) >= 11 is 6.28. The SMILES string of the molecule is CC(C)C1OCC(COc2ccc(Oc3ccccc3)cc2Cl)O1. The molecule has 0 spiro atoms. The molecule has 0 radical (unpaired) electrons. The van der Waals surface area contributed by atoms with Crippen LogP contribution in [-0.2, 0) is 9.47 Å². The summed E-state index contributed by atoms with van der Waals surface area (Å²) in [5, 5.41) is 0.503. The predicted octanol–water partition coefficient (Wildman–Crippen LogP) is 4.91. The normalized spacial score (nSPS) is 20.3. The van der Waals surface area contributed by atoms with Crippen LogP contribution in [0.25, 0.3) is 0 Å². The number of ether oxygens (including phenoxy) is 4. The second-order valence-electron chi connectivity index (χ2n) is 6.02. The molecule has 1 fully saturated rings. The summed E-state index contributed by atoms with van der Waals surface area (Å²) in [4.78, 5) is 0. The van der Waals surface area contributed by atoms with E-state index >= 15 is 0 Å². The van der Waals surface area contributed by atoms with Crippen molar-refractivity contribution in [2.45, 2.75) is 26.2 Å². The summed E-state index contributed by atoms with van der Waals surface area (Å²) in [6.45, 7) is 5.07. The average Bonchev–Trinajstić information content (AvgIpc) is 3.04. The first-order valence-corrected chi connectivity index (χ1v) is 8.42. The maximum atomic E-state index is 6.28. The fraction of sp³-hybridized carbons (Fsp3) is 0.368. The molecule has 2 atom stereocenters. The summed E-state index contributed by atoms with van der Waals surface area (Å²) in [6, 6.07) is 14.9. The molecule has 0 aromatic heterocycles. The number of para-hydroxylation sites is 1. The monoisotopic (exact) mass is 348 g/mol. The minimum Gasteiger partial charge on any atom is -0.489 e. The Bertz CT molecular complexity index is 660. The smallest absolute Gasteiger partial charge is 0.160 e. The third kappa shape index (κ3) is 4.41. The van der Waals surface area contributed by atoms with E-state index in [1.807, 2.05) is 36.4 Å². The van der Waals surface area contributed by atoms with Crippen molar-refractivity contribution in [1.82, 2.24) is 0 Å². The van der Waals surface area contributed by atoms with Gasteiger partial charge in [-0.05, 0) is 24.3 Å². The largest absolute Gasteiger partial charge is 0.489 e. The molecule has 2 unspecified atom stereocenters. The van der Waals surface area contributed by atoms with Gasteiger partial charge in [0.25, 0.3) is 0 Å². The fourth-order valence-electron chi connectivity index (χ4n) is 2.38. The lowest BCUT2D eigenvalue weighted by molar-refractivity contribution is -0.0914. The Morgan fingerprint density at radius 1 is 1.12 bits per heavy atom. The van der Waals surface area contributed by atoms with Gasteiger partial charge < -0.3 is 18.9 Å². The van der Waals surface area contributed by atoms with E-state index in [4.69, 9.17) is 30.5 Å². The quantitative estimate of drug-likeness (QED) is 0.743. The van der Waals surface area contributed by atoms with Crippen LogP contribution in [0.1, 0.15) is 13.8 Å². The maximum absolute atomic E-state index is 6.28. The Labute approximate surface area is 147 Å². The van der Waals surface area contributed by atoms with Crippen molar-refractivity contribution in [3.05, 3.63) is 53.6 Å². The lowest BCUT2D eigenvalue weighted by atomic mass is 10.2. The van der Waals surface area contributed by atoms with Gasteiger partial charge in [0.05, 0.1) is 11.6 Å². The highest BCUT2D eigenvalue weighted by Crippen LogP contribution is 2.31. The minimum atomic E-state index is -0.157. The van der Waals surface area contributed by atoms with E-state index in [0.717, 1.165) is 5.75 Å². The predicted molar refractivity (Wildman–Crippen MR) is 92.9 cm³/mol. The molecule has 3 rings (SSSR count). The molecule has 0 bridgehead atoms. The molecule has 5 heteroatoms. The van der Waals surface area contributed by atoms with E-state index in [9.17, 15) is 0 Å². The van der Waals surface area contributed by atoms with Crippen molar-refractivity contribution in [3.63, 3.8) is 0 Å². The van der Waals surface area contributed by atoms with Gasteiger partial charge in [-0.15, -0.1) is 0 Å². The van der Waals surface area contributed by atoms with Gasteiger partial charge in [0.15, 0.2) is 6.29 Å². The molecule has 1 saturated heterocycles. The van der Waals surface area contributed by atoms with Crippen molar-refractivity contribution in [3.8, 4) is 17.2 Å². The fourth-order valence-corrected chi connectivity index (χ4v) is 2.60. The van der Waals surface area contributed by atoms with Crippen molar-refractivity contribution >= 4 is 11.6 Å². The molecule has 4 nitrogen and oxygen atoms in total. The summed E-state index contributed by atoms with van der Waals surface area (Å²) in [7, 11) is 0. The molecule has 128 valence electrons. The first-order chi connectivity index (χ1) is 11.6. The molecule has 2 aromatic rings. The zero-order chi connectivity index (χ0) is 16.9. The van der Waals surface area contributed by atoms with E-state index in [1.165, 1.54) is 0 Å². The van der Waals surface area contributed by atoms with Crippen LogP contribution >= 0.6 is 11.6 Å². The Morgan fingerprint density at radius 2 is 1.92 bits per heavy atom. The highest BCUT2D eigenvalue weighted by molar-refractivity contribution is 6.32. The van der Waals surface area contributed by atoms with Crippen LogP contribution < -0.4 is 9.47 Å². The van der Waals surface area contributed by atoms with Crippen LogP contribution in [0, 0.1) is 5.92 Å². The van der Waals surface area contributed by atoms with Gasteiger partial charge in [-0.2, -0.15) is 0 Å². The van der Waals surface area contributed by atoms with Crippen LogP contribution in [0.3, 0.4) is 0 Å². The van der Waals surface area contributed by atoms with E-state index < -0.39 is 0 Å². The van der Waals surface area contributed by atoms with Gasteiger partial charge in [-0.25, -0.2) is 0 Å². The van der Waals surface area contributed by atoms with E-state index in [2.05, 4.69) is 13.8 Å². The maximum Gasteiger partial charge on any atom is 0.160 e. The Morgan fingerprint density at radius 3 is 2.58 bits per heavy atom. The van der Waals surface area contributed by atoms with Gasteiger partial charge in [0.2, 0.25) is 0 Å². The van der Waals surface area contributed by atoms with Crippen molar-refractivity contribution < 1.29 is 18.9 Å². The number of hydrogen-bond acceptors (Lipinski definition) is 4. The average molecular weight is 349 g/mol. The zero-order valence-corrected chi connectivity index (χ0v) is 14.5. The van der Waals surface area contributed by atoms with E-state index in [-0.39, 0.29) is 12.4 Å². The van der Waals surface area contributed by atoms with Crippen LogP contribution in [0.5, 0.6) is 17.2 Å². The standard InChI is InChI=1S/C19H21ClO4/c1-13(2)19-22-12-16(24-19)11-21-18-9-8-15(10-17(18)20)23-14-6-4-3-5-7-14/h3-10,13,16,19H,11-12H2,1-2H3. The van der Waals surface area contributed by atoms with Gasteiger partial charge >= 0.3 is 0 Å². The van der Waals surface area contributed by atoms with Crippen molar-refractivity contribution in [1.29, 1.82) is 0 Å². The van der Waals surface area contributed by atoms with E-state index in [1.54, 1.807) is 12.1 Å². The zero-order valence-electron chi connectivity index (χ0n) is 13.8. The van der Waals surface area contributed by atoms with Crippen LogP contribution in [0.4, 0.5) is 0 Å². The van der Waals surface area contributed by atoms with Crippen molar-refractivity contribution in [2.75, 3.05) is 13.2 Å². The molecule has 0 saturated carbocycles. The lowest BCUT2D eigenvalue weighted by Gasteiger charge is -2.15. The third-order valence-corrected chi connectivity index (χ3v) is 3.92. The van der Waals surface area contributed by atoms with E-state index in [0.29, 0.717) is 35.7 Å². The van der Waals surface area contributed by atoms with Gasteiger partial charge in [-0.3, -0.25) is 0 Å². The van der Waals surface area contributed by atoms with Crippen molar-refractivity contribution in [2.24, 2.45) is 5.92 Å². The Kier molecular flexibility index (Phi) is 5.61. The topological polar surface area (TPSA) is 36.9 Å². The van der Waals surface area contributed by atoms with Gasteiger partial charge in [0.1, 0.15) is 30.0 Å². The molecule has 1 aliphatic rings. The molecule has 24 heavy (non-hydrogen) atoms. The highest BCUT2D eigenvalue weighted by atomic mass is 35.5. The van der Waals surface area contributed by atoms with Crippen LogP contribution in [-0.4, -0.2) is 25.6 Å². The minimum absolute atomic E-state index is 0.0753. The third-order valence-electron chi connectivity index (χ3n) is 3.62. The summed E-state index contributed by atoms with van der Waals surface area (Å²) in [5.74, 6) is 2.36. The Balaban J connectivity index is 1.55. The molecule has 1 heterocycles. The first-order valence-electron chi connectivity index (χ1n) is 8.04. The number of benzene rings is 2. The molecular weight excluding hydrogens is 328 g/mol. The molecule has 2 aromatic carbocycles.